The Morgan fingerprint density at radius 2 is 1.85 bits per heavy atom. The number of rotatable bonds is 5. The van der Waals surface area contributed by atoms with E-state index in [0.29, 0.717) is 18.8 Å². The summed E-state index contributed by atoms with van der Waals surface area (Å²) in [6, 6.07) is 5.92. The number of hydrogen-bond acceptors (Lipinski definition) is 4. The zero-order valence-electron chi connectivity index (χ0n) is 16.2. The zero-order chi connectivity index (χ0) is 18.9. The van der Waals surface area contributed by atoms with Crippen molar-refractivity contribution in [1.82, 2.24) is 4.90 Å². The van der Waals surface area contributed by atoms with Gasteiger partial charge in [0.15, 0.2) is 11.5 Å². The van der Waals surface area contributed by atoms with Crippen LogP contribution in [0.5, 0.6) is 11.5 Å². The first-order chi connectivity index (χ1) is 12.3. The Kier molecular flexibility index (Phi) is 5.26. The van der Waals surface area contributed by atoms with Crippen LogP contribution in [-0.2, 0) is 9.59 Å². The fraction of sp³-hybridized carbons (Fsp3) is 0.619. The minimum atomic E-state index is -0.578. The highest BCUT2D eigenvalue weighted by atomic mass is 16.5. The molecule has 1 heterocycles. The summed E-state index contributed by atoms with van der Waals surface area (Å²) in [5.74, 6) is 1.53. The van der Waals surface area contributed by atoms with Crippen molar-refractivity contribution in [2.24, 2.45) is 5.41 Å². The lowest BCUT2D eigenvalue weighted by Crippen LogP contribution is -2.34. The van der Waals surface area contributed by atoms with Gasteiger partial charge in [-0.3, -0.25) is 9.59 Å². The van der Waals surface area contributed by atoms with Crippen molar-refractivity contribution in [3.8, 4) is 11.5 Å². The molecule has 0 bridgehead atoms. The normalized spacial score (nSPS) is 26.2. The van der Waals surface area contributed by atoms with E-state index in [9.17, 15) is 9.59 Å². The Morgan fingerprint density at radius 1 is 1.15 bits per heavy atom. The molecule has 1 unspecified atom stereocenters. The summed E-state index contributed by atoms with van der Waals surface area (Å²) in [5, 5.41) is 0. The van der Waals surface area contributed by atoms with Crippen molar-refractivity contribution in [2.45, 2.75) is 58.5 Å². The molecule has 142 valence electrons. The molecule has 1 aliphatic heterocycles. The molecule has 5 heteroatoms. The number of Topliss-reactive ketones (excluding diaryl/α,β-unsaturated/α-hetero) is 1. The van der Waals surface area contributed by atoms with E-state index < -0.39 is 5.41 Å². The van der Waals surface area contributed by atoms with E-state index in [2.05, 4.69) is 0 Å². The summed E-state index contributed by atoms with van der Waals surface area (Å²) < 4.78 is 11.7. The van der Waals surface area contributed by atoms with Crippen molar-refractivity contribution >= 4 is 11.7 Å². The highest BCUT2D eigenvalue weighted by Crippen LogP contribution is 2.45. The lowest BCUT2D eigenvalue weighted by Gasteiger charge is -2.28. The third-order valence-corrected chi connectivity index (χ3v) is 6.13. The topological polar surface area (TPSA) is 55.8 Å². The van der Waals surface area contributed by atoms with Crippen LogP contribution >= 0.6 is 0 Å². The molecule has 0 radical (unpaired) electrons. The van der Waals surface area contributed by atoms with Crippen LogP contribution in [0.4, 0.5) is 0 Å². The molecule has 1 aromatic rings. The average molecular weight is 359 g/mol. The van der Waals surface area contributed by atoms with E-state index in [1.54, 1.807) is 25.9 Å². The Morgan fingerprint density at radius 3 is 2.42 bits per heavy atom. The minimum Gasteiger partial charge on any atom is -0.493 e. The maximum Gasteiger partial charge on any atom is 0.219 e. The molecule has 1 aliphatic carbocycles. The number of likely N-dealkylation sites (tertiary alicyclic amines) is 1. The predicted molar refractivity (Wildman–Crippen MR) is 99.7 cm³/mol. The number of amides is 1. The van der Waals surface area contributed by atoms with Gasteiger partial charge in [-0.05, 0) is 50.3 Å². The van der Waals surface area contributed by atoms with Crippen LogP contribution in [0.3, 0.4) is 0 Å². The molecule has 0 N–H and O–H groups in total. The molecule has 3 rings (SSSR count). The molecule has 1 amide bonds. The van der Waals surface area contributed by atoms with Gasteiger partial charge in [-0.2, -0.15) is 0 Å². The molecular formula is C21H29NO4. The number of ketones is 1. The van der Waals surface area contributed by atoms with Crippen LogP contribution in [0.25, 0.3) is 0 Å². The second-order valence-corrected chi connectivity index (χ2v) is 7.86. The fourth-order valence-electron chi connectivity index (χ4n) is 4.25. The van der Waals surface area contributed by atoms with Crippen LogP contribution in [-0.4, -0.2) is 42.9 Å². The van der Waals surface area contributed by atoms with Gasteiger partial charge in [0.2, 0.25) is 5.91 Å². The maximum absolute atomic E-state index is 12.4. The van der Waals surface area contributed by atoms with Crippen molar-refractivity contribution in [3.63, 3.8) is 0 Å². The van der Waals surface area contributed by atoms with Gasteiger partial charge in [-0.1, -0.05) is 13.0 Å². The van der Waals surface area contributed by atoms with E-state index in [4.69, 9.17) is 9.47 Å². The van der Waals surface area contributed by atoms with Gasteiger partial charge in [0.1, 0.15) is 5.78 Å². The molecule has 2 fully saturated rings. The van der Waals surface area contributed by atoms with E-state index in [0.717, 1.165) is 24.2 Å². The lowest BCUT2D eigenvalue weighted by molar-refractivity contribution is -0.129. The number of methoxy groups -OCH3 is 1. The molecule has 1 saturated heterocycles. The highest BCUT2D eigenvalue weighted by molar-refractivity contribution is 5.86. The zero-order valence-corrected chi connectivity index (χ0v) is 16.2. The van der Waals surface area contributed by atoms with Crippen molar-refractivity contribution in [3.05, 3.63) is 23.8 Å². The molecule has 2 aliphatic rings. The Hall–Kier alpha value is -2.04. The molecule has 1 aromatic carbocycles. The van der Waals surface area contributed by atoms with Crippen LogP contribution in [0.2, 0.25) is 0 Å². The van der Waals surface area contributed by atoms with Crippen LogP contribution in [0.15, 0.2) is 18.2 Å². The van der Waals surface area contributed by atoms with E-state index >= 15 is 0 Å². The van der Waals surface area contributed by atoms with Gasteiger partial charge in [0.25, 0.3) is 0 Å². The second-order valence-electron chi connectivity index (χ2n) is 7.86. The van der Waals surface area contributed by atoms with Gasteiger partial charge >= 0.3 is 0 Å². The van der Waals surface area contributed by atoms with Crippen molar-refractivity contribution in [1.29, 1.82) is 0 Å². The highest BCUT2D eigenvalue weighted by Gasteiger charge is 2.48. The van der Waals surface area contributed by atoms with Crippen molar-refractivity contribution in [2.75, 3.05) is 20.2 Å². The van der Waals surface area contributed by atoms with Crippen LogP contribution in [0, 0.1) is 5.41 Å². The summed E-state index contributed by atoms with van der Waals surface area (Å²) >= 11 is 0. The quantitative estimate of drug-likeness (QED) is 0.807. The summed E-state index contributed by atoms with van der Waals surface area (Å²) in [5.41, 5.74) is 0.450. The molecule has 1 saturated carbocycles. The number of carbonyl (C=O) groups excluding carboxylic acids is 2. The third kappa shape index (κ3) is 3.44. The molecular weight excluding hydrogens is 330 g/mol. The van der Waals surface area contributed by atoms with Gasteiger partial charge in [0, 0.05) is 25.9 Å². The van der Waals surface area contributed by atoms with Crippen LogP contribution < -0.4 is 9.47 Å². The molecule has 2 atom stereocenters. The molecule has 0 spiro atoms. The average Bonchev–Trinajstić information content (AvgIpc) is 3.23. The first-order valence-corrected chi connectivity index (χ1v) is 9.46. The lowest BCUT2D eigenvalue weighted by atomic mass is 9.73. The maximum atomic E-state index is 12.4. The summed E-state index contributed by atoms with van der Waals surface area (Å²) in [7, 11) is 1.64. The summed E-state index contributed by atoms with van der Waals surface area (Å²) in [6.07, 6.45) is 4.77. The van der Waals surface area contributed by atoms with E-state index in [1.807, 2.05) is 25.1 Å². The fourth-order valence-corrected chi connectivity index (χ4v) is 4.25. The number of nitrogens with zero attached hydrogens (tertiary/aromatic N) is 1. The molecule has 26 heavy (non-hydrogen) atoms. The standard InChI is InChI=1S/C21H29NO4/c1-14(23)21(3)13-22(15(2)24)12-18(21)16-9-10-19(25-4)20(11-16)26-17-7-5-6-8-17/h9-11,17-18H,5-8,12-13H2,1-4H3/t18?,21-/m1/s1. The van der Waals surface area contributed by atoms with Gasteiger partial charge in [0.05, 0.1) is 18.6 Å². The minimum absolute atomic E-state index is 0.0101. The number of ether oxygens (including phenoxy) is 2. The predicted octanol–water partition coefficient (Wildman–Crippen LogP) is 3.56. The van der Waals surface area contributed by atoms with E-state index in [-0.39, 0.29) is 23.7 Å². The van der Waals surface area contributed by atoms with Gasteiger partial charge < -0.3 is 14.4 Å². The smallest absolute Gasteiger partial charge is 0.219 e. The molecule has 5 nitrogen and oxygen atoms in total. The largest absolute Gasteiger partial charge is 0.493 e. The monoisotopic (exact) mass is 359 g/mol. The second kappa shape index (κ2) is 7.29. The van der Waals surface area contributed by atoms with Gasteiger partial charge in [-0.25, -0.2) is 0 Å². The first-order valence-electron chi connectivity index (χ1n) is 9.46. The Bertz CT molecular complexity index is 695. The first kappa shape index (κ1) is 18.7. The SMILES string of the molecule is COc1ccc(C2CN(C(C)=O)C[C@]2(C)C(C)=O)cc1OC1CCCC1. The summed E-state index contributed by atoms with van der Waals surface area (Å²) in [4.78, 5) is 26.1. The Labute approximate surface area is 155 Å². The Balaban J connectivity index is 1.93. The third-order valence-electron chi connectivity index (χ3n) is 6.13. The molecule has 0 aromatic heterocycles. The number of carbonyl (C=O) groups is 2. The van der Waals surface area contributed by atoms with Crippen LogP contribution in [0.1, 0.15) is 57.9 Å². The summed E-state index contributed by atoms with van der Waals surface area (Å²) in [6.45, 7) is 6.17. The van der Waals surface area contributed by atoms with Gasteiger partial charge in [-0.15, -0.1) is 0 Å². The van der Waals surface area contributed by atoms with Crippen molar-refractivity contribution < 1.29 is 19.1 Å². The van der Waals surface area contributed by atoms with E-state index in [1.165, 1.54) is 12.8 Å². The number of hydrogen-bond donors (Lipinski definition) is 0. The number of benzene rings is 1.